The quantitative estimate of drug-likeness (QED) is 0.731. The molecule has 130 valence electrons. The van der Waals surface area contributed by atoms with Gasteiger partial charge in [-0.25, -0.2) is 4.79 Å². The van der Waals surface area contributed by atoms with E-state index in [4.69, 9.17) is 4.74 Å². The number of benzene rings is 2. The first kappa shape index (κ1) is 16.0. The van der Waals surface area contributed by atoms with Gasteiger partial charge in [0.05, 0.1) is 17.9 Å². The lowest BCUT2D eigenvalue weighted by Gasteiger charge is -2.28. The highest BCUT2D eigenvalue weighted by molar-refractivity contribution is 6.02. The normalized spacial score (nSPS) is 16.0. The Hall–Kier alpha value is -3.48. The maximum Gasteiger partial charge on any atom is 0.338 e. The summed E-state index contributed by atoms with van der Waals surface area (Å²) in [6.45, 7) is 2.07. The highest BCUT2D eigenvalue weighted by Gasteiger charge is 2.36. The van der Waals surface area contributed by atoms with Crippen molar-refractivity contribution < 1.29 is 9.53 Å². The first-order valence-corrected chi connectivity index (χ1v) is 8.36. The van der Waals surface area contributed by atoms with E-state index in [9.17, 15) is 4.79 Å². The van der Waals surface area contributed by atoms with E-state index in [-0.39, 0.29) is 6.61 Å². The highest BCUT2D eigenvalue weighted by atomic mass is 16.5. The van der Waals surface area contributed by atoms with Crippen molar-refractivity contribution in [3.63, 3.8) is 0 Å². The van der Waals surface area contributed by atoms with Crippen molar-refractivity contribution in [2.75, 3.05) is 11.9 Å². The van der Waals surface area contributed by atoms with Gasteiger partial charge in [-0.3, -0.25) is 0 Å². The monoisotopic (exact) mass is 347 g/mol. The third kappa shape index (κ3) is 2.73. The molecule has 1 N–H and O–H groups in total. The molecule has 7 nitrogen and oxygen atoms in total. The lowest BCUT2D eigenvalue weighted by Crippen LogP contribution is -2.30. The standard InChI is InChI=1S/C19H17N5O2/c1-2-26-18(25)15-16(13-9-5-3-6-10-13)20-19-21-22-23-24(19)17(15)14-11-7-4-8-12-14/h3-12,17H,2H2,1H3,(H,20,21,23)/t17-/m0/s1. The predicted octanol–water partition coefficient (Wildman–Crippen LogP) is 2.66. The molecule has 0 spiro atoms. The van der Waals surface area contributed by atoms with Crippen LogP contribution in [-0.4, -0.2) is 32.8 Å². The van der Waals surface area contributed by atoms with Crippen molar-refractivity contribution in [1.82, 2.24) is 20.2 Å². The Kier molecular flexibility index (Phi) is 4.18. The topological polar surface area (TPSA) is 81.9 Å². The number of ether oxygens (including phenoxy) is 1. The van der Waals surface area contributed by atoms with E-state index in [1.165, 1.54) is 0 Å². The van der Waals surface area contributed by atoms with Gasteiger partial charge in [0.15, 0.2) is 0 Å². The van der Waals surface area contributed by atoms with E-state index >= 15 is 0 Å². The Morgan fingerprint density at radius 2 is 1.81 bits per heavy atom. The zero-order valence-corrected chi connectivity index (χ0v) is 14.2. The molecule has 0 amide bonds. The van der Waals surface area contributed by atoms with Crippen molar-refractivity contribution >= 4 is 17.6 Å². The van der Waals surface area contributed by atoms with Crippen LogP contribution in [0.2, 0.25) is 0 Å². The summed E-state index contributed by atoms with van der Waals surface area (Å²) in [7, 11) is 0. The number of aromatic nitrogens is 4. The summed E-state index contributed by atoms with van der Waals surface area (Å²) in [4.78, 5) is 12.9. The van der Waals surface area contributed by atoms with Crippen LogP contribution in [0.4, 0.5) is 5.95 Å². The van der Waals surface area contributed by atoms with Crippen LogP contribution in [0.15, 0.2) is 66.2 Å². The molecule has 0 saturated carbocycles. The summed E-state index contributed by atoms with van der Waals surface area (Å²) in [5.41, 5.74) is 2.90. The minimum absolute atomic E-state index is 0.286. The van der Waals surface area contributed by atoms with Gasteiger partial charge in [0.1, 0.15) is 6.04 Å². The van der Waals surface area contributed by atoms with Crippen LogP contribution in [0.1, 0.15) is 24.1 Å². The molecule has 1 aromatic heterocycles. The number of fused-ring (bicyclic) bond motifs is 1. The SMILES string of the molecule is CCOC(=O)C1=C(c2ccccc2)Nc2nnnn2[C@H]1c1ccccc1. The number of nitrogens with one attached hydrogen (secondary N) is 1. The van der Waals surface area contributed by atoms with Crippen LogP contribution in [0, 0.1) is 0 Å². The van der Waals surface area contributed by atoms with Crippen LogP contribution in [-0.2, 0) is 9.53 Å². The Balaban J connectivity index is 1.96. The lowest BCUT2D eigenvalue weighted by atomic mass is 9.93. The number of rotatable bonds is 4. The average Bonchev–Trinajstić information content (AvgIpc) is 3.16. The molecular weight excluding hydrogens is 330 g/mol. The molecule has 1 atom stereocenters. The Morgan fingerprint density at radius 1 is 1.12 bits per heavy atom. The number of anilines is 1. The second-order valence-corrected chi connectivity index (χ2v) is 5.76. The first-order valence-electron chi connectivity index (χ1n) is 8.36. The van der Waals surface area contributed by atoms with Crippen LogP contribution in [0.25, 0.3) is 5.70 Å². The molecule has 4 rings (SSSR count). The zero-order valence-electron chi connectivity index (χ0n) is 14.2. The number of tetrazole rings is 1. The second-order valence-electron chi connectivity index (χ2n) is 5.76. The van der Waals surface area contributed by atoms with Gasteiger partial charge >= 0.3 is 5.97 Å². The molecule has 0 aliphatic carbocycles. The number of carbonyl (C=O) groups excluding carboxylic acids is 1. The fourth-order valence-electron chi connectivity index (χ4n) is 3.09. The van der Waals surface area contributed by atoms with Gasteiger partial charge in [0.25, 0.3) is 0 Å². The van der Waals surface area contributed by atoms with Crippen molar-refractivity contribution in [3.8, 4) is 0 Å². The highest BCUT2D eigenvalue weighted by Crippen LogP contribution is 2.38. The van der Waals surface area contributed by atoms with Crippen molar-refractivity contribution in [2.45, 2.75) is 13.0 Å². The fraction of sp³-hybridized carbons (Fsp3) is 0.158. The summed E-state index contributed by atoms with van der Waals surface area (Å²) in [5.74, 6) is 0.0830. The van der Waals surface area contributed by atoms with E-state index in [0.29, 0.717) is 17.2 Å². The number of esters is 1. The maximum atomic E-state index is 12.9. The molecule has 2 aromatic carbocycles. The van der Waals surface area contributed by atoms with E-state index in [1.807, 2.05) is 60.7 Å². The molecule has 1 aliphatic heterocycles. The second kappa shape index (κ2) is 6.79. The minimum Gasteiger partial charge on any atom is -0.463 e. The summed E-state index contributed by atoms with van der Waals surface area (Å²) >= 11 is 0. The van der Waals surface area contributed by atoms with E-state index < -0.39 is 12.0 Å². The summed E-state index contributed by atoms with van der Waals surface area (Å²) in [6, 6.07) is 18.8. The fourth-order valence-corrected chi connectivity index (χ4v) is 3.09. The number of hydrogen-bond acceptors (Lipinski definition) is 6. The summed E-state index contributed by atoms with van der Waals surface area (Å²) in [5, 5.41) is 15.1. The Labute approximate surface area is 150 Å². The molecule has 0 saturated heterocycles. The Bertz CT molecular complexity index is 950. The van der Waals surface area contributed by atoms with Crippen molar-refractivity contribution in [2.24, 2.45) is 0 Å². The molecule has 1 aliphatic rings. The molecule has 0 fully saturated rings. The van der Waals surface area contributed by atoms with Gasteiger partial charge in [-0.15, -0.1) is 0 Å². The van der Waals surface area contributed by atoms with E-state index in [1.54, 1.807) is 11.6 Å². The summed E-state index contributed by atoms with van der Waals surface area (Å²) < 4.78 is 6.96. The van der Waals surface area contributed by atoms with Gasteiger partial charge in [0.2, 0.25) is 5.95 Å². The third-order valence-corrected chi connectivity index (χ3v) is 4.19. The van der Waals surface area contributed by atoms with Gasteiger partial charge in [-0.2, -0.15) is 4.68 Å². The first-order chi connectivity index (χ1) is 12.8. The van der Waals surface area contributed by atoms with Gasteiger partial charge in [-0.1, -0.05) is 65.8 Å². The van der Waals surface area contributed by atoms with Crippen molar-refractivity contribution in [1.29, 1.82) is 0 Å². The molecular formula is C19H17N5O2. The zero-order chi connectivity index (χ0) is 17.9. The van der Waals surface area contributed by atoms with E-state index in [2.05, 4.69) is 20.8 Å². The van der Waals surface area contributed by atoms with Crippen molar-refractivity contribution in [3.05, 3.63) is 77.4 Å². The largest absolute Gasteiger partial charge is 0.463 e. The molecule has 0 unspecified atom stereocenters. The molecule has 2 heterocycles. The van der Waals surface area contributed by atoms with Gasteiger partial charge in [0, 0.05) is 0 Å². The Morgan fingerprint density at radius 3 is 2.50 bits per heavy atom. The number of hydrogen-bond donors (Lipinski definition) is 1. The molecule has 7 heteroatoms. The predicted molar refractivity (Wildman–Crippen MR) is 96.0 cm³/mol. The van der Waals surface area contributed by atoms with Gasteiger partial charge < -0.3 is 10.1 Å². The smallest absolute Gasteiger partial charge is 0.338 e. The van der Waals surface area contributed by atoms with Gasteiger partial charge in [-0.05, 0) is 28.5 Å². The molecule has 0 bridgehead atoms. The number of carbonyl (C=O) groups is 1. The summed E-state index contributed by atoms with van der Waals surface area (Å²) in [6.07, 6.45) is 0. The molecule has 0 radical (unpaired) electrons. The number of nitrogens with zero attached hydrogens (tertiary/aromatic N) is 4. The van der Waals surface area contributed by atoms with Crippen LogP contribution < -0.4 is 5.32 Å². The van der Waals surface area contributed by atoms with Crippen LogP contribution in [0.3, 0.4) is 0 Å². The van der Waals surface area contributed by atoms with Crippen LogP contribution >= 0.6 is 0 Å². The molecule has 26 heavy (non-hydrogen) atoms. The third-order valence-electron chi connectivity index (χ3n) is 4.19. The average molecular weight is 347 g/mol. The lowest BCUT2D eigenvalue weighted by molar-refractivity contribution is -0.138. The van der Waals surface area contributed by atoms with E-state index in [0.717, 1.165) is 11.1 Å². The molecule has 3 aromatic rings. The van der Waals surface area contributed by atoms with Crippen LogP contribution in [0.5, 0.6) is 0 Å². The minimum atomic E-state index is -0.475. The maximum absolute atomic E-state index is 12.9.